The highest BCUT2D eigenvalue weighted by Crippen LogP contribution is 2.28. The van der Waals surface area contributed by atoms with Crippen LogP contribution in [0, 0.1) is 0 Å². The Morgan fingerprint density at radius 3 is 2.67 bits per heavy atom. The van der Waals surface area contributed by atoms with Crippen molar-refractivity contribution in [2.45, 2.75) is 12.1 Å². The molecule has 2 heterocycles. The summed E-state index contributed by atoms with van der Waals surface area (Å²) >= 11 is 6.27. The fourth-order valence-electron chi connectivity index (χ4n) is 2.69. The fraction of sp³-hybridized carbons (Fsp3) is 0.750. The lowest BCUT2D eigenvalue weighted by Crippen LogP contribution is -2.55. The maximum absolute atomic E-state index is 6.27. The van der Waals surface area contributed by atoms with Crippen LogP contribution in [-0.2, 0) is 7.05 Å². The zero-order valence-electron chi connectivity index (χ0n) is 11.5. The van der Waals surface area contributed by atoms with Crippen molar-refractivity contribution >= 4 is 11.6 Å². The first kappa shape index (κ1) is 13.8. The van der Waals surface area contributed by atoms with E-state index in [4.69, 9.17) is 11.6 Å². The number of likely N-dealkylation sites (N-methyl/N-ethyl adjacent to an activating group) is 3. The van der Waals surface area contributed by atoms with E-state index in [1.165, 1.54) is 0 Å². The van der Waals surface area contributed by atoms with E-state index in [9.17, 15) is 0 Å². The van der Waals surface area contributed by atoms with E-state index >= 15 is 0 Å². The Balaban J connectivity index is 2.27. The van der Waals surface area contributed by atoms with Gasteiger partial charge in [-0.3, -0.25) is 9.58 Å². The summed E-state index contributed by atoms with van der Waals surface area (Å²) in [7, 11) is 8.26. The third-order valence-corrected chi connectivity index (χ3v) is 4.12. The Labute approximate surface area is 114 Å². The molecule has 0 aliphatic carbocycles. The molecule has 1 aliphatic rings. The number of nitrogens with one attached hydrogen (secondary N) is 1. The lowest BCUT2D eigenvalue weighted by molar-refractivity contribution is 0.0876. The SMILES string of the molecule is CNC(c1c(Cl)cnn1C)C1CN(C)CCN1C. The average molecular weight is 272 g/mol. The van der Waals surface area contributed by atoms with Crippen LogP contribution in [0.2, 0.25) is 5.02 Å². The smallest absolute Gasteiger partial charge is 0.0834 e. The third kappa shape index (κ3) is 2.54. The van der Waals surface area contributed by atoms with Crippen LogP contribution in [0.5, 0.6) is 0 Å². The van der Waals surface area contributed by atoms with Gasteiger partial charge in [-0.1, -0.05) is 11.6 Å². The molecule has 2 atom stereocenters. The van der Waals surface area contributed by atoms with E-state index in [1.54, 1.807) is 6.20 Å². The number of rotatable bonds is 3. The van der Waals surface area contributed by atoms with Crippen LogP contribution in [0.4, 0.5) is 0 Å². The molecule has 0 bridgehead atoms. The molecule has 1 N–H and O–H groups in total. The van der Waals surface area contributed by atoms with Gasteiger partial charge in [0, 0.05) is 32.7 Å². The molecule has 2 rings (SSSR count). The Bertz CT molecular complexity index is 386. The van der Waals surface area contributed by atoms with Gasteiger partial charge in [-0.2, -0.15) is 5.10 Å². The second kappa shape index (κ2) is 5.57. The van der Waals surface area contributed by atoms with Crippen molar-refractivity contribution in [1.29, 1.82) is 0 Å². The van der Waals surface area contributed by atoms with E-state index in [-0.39, 0.29) is 6.04 Å². The summed E-state index contributed by atoms with van der Waals surface area (Å²) in [4.78, 5) is 4.75. The second-order valence-electron chi connectivity index (χ2n) is 5.08. The number of hydrogen-bond acceptors (Lipinski definition) is 4. The molecule has 1 fully saturated rings. The van der Waals surface area contributed by atoms with Gasteiger partial charge < -0.3 is 10.2 Å². The van der Waals surface area contributed by atoms with Crippen molar-refractivity contribution in [2.24, 2.45) is 7.05 Å². The van der Waals surface area contributed by atoms with Gasteiger partial charge in [0.2, 0.25) is 0 Å². The molecule has 6 heteroatoms. The highest BCUT2D eigenvalue weighted by molar-refractivity contribution is 6.31. The molecule has 1 aromatic heterocycles. The number of piperazine rings is 1. The minimum Gasteiger partial charge on any atom is -0.310 e. The molecule has 1 aliphatic heterocycles. The molecule has 1 aromatic rings. The van der Waals surface area contributed by atoms with Crippen molar-refractivity contribution in [3.63, 3.8) is 0 Å². The van der Waals surface area contributed by atoms with E-state index in [1.807, 2.05) is 18.8 Å². The molecule has 2 unspecified atom stereocenters. The van der Waals surface area contributed by atoms with Crippen LogP contribution < -0.4 is 5.32 Å². The standard InChI is InChI=1S/C12H22ClN5/c1-14-11(12-9(13)7-15-18(12)4)10-8-16(2)5-6-17(10)3/h7,10-11,14H,5-6,8H2,1-4H3. The number of aryl methyl sites for hydroxylation is 1. The summed E-state index contributed by atoms with van der Waals surface area (Å²) in [6.45, 7) is 3.22. The lowest BCUT2D eigenvalue weighted by atomic mass is 10.0. The highest BCUT2D eigenvalue weighted by atomic mass is 35.5. The van der Waals surface area contributed by atoms with E-state index in [0.29, 0.717) is 6.04 Å². The first-order valence-electron chi connectivity index (χ1n) is 6.28. The Morgan fingerprint density at radius 2 is 2.11 bits per heavy atom. The van der Waals surface area contributed by atoms with Crippen LogP contribution >= 0.6 is 11.6 Å². The van der Waals surface area contributed by atoms with Crippen molar-refractivity contribution in [3.05, 3.63) is 16.9 Å². The largest absolute Gasteiger partial charge is 0.310 e. The van der Waals surface area contributed by atoms with Gasteiger partial charge >= 0.3 is 0 Å². The second-order valence-corrected chi connectivity index (χ2v) is 5.49. The van der Waals surface area contributed by atoms with E-state index in [2.05, 4.69) is 34.3 Å². The number of hydrogen-bond donors (Lipinski definition) is 1. The molecule has 0 saturated carbocycles. The van der Waals surface area contributed by atoms with Crippen molar-refractivity contribution < 1.29 is 0 Å². The topological polar surface area (TPSA) is 36.3 Å². The van der Waals surface area contributed by atoms with Crippen LogP contribution in [-0.4, -0.2) is 66.4 Å². The van der Waals surface area contributed by atoms with Gasteiger partial charge in [-0.05, 0) is 21.1 Å². The van der Waals surface area contributed by atoms with Crippen LogP contribution in [0.3, 0.4) is 0 Å². The minimum atomic E-state index is 0.192. The van der Waals surface area contributed by atoms with Crippen LogP contribution in [0.25, 0.3) is 0 Å². The number of nitrogens with zero attached hydrogens (tertiary/aromatic N) is 4. The monoisotopic (exact) mass is 271 g/mol. The van der Waals surface area contributed by atoms with Gasteiger partial charge in [0.25, 0.3) is 0 Å². The molecule has 0 aromatic carbocycles. The van der Waals surface area contributed by atoms with Gasteiger partial charge in [0.15, 0.2) is 0 Å². The molecule has 0 amide bonds. The van der Waals surface area contributed by atoms with E-state index < -0.39 is 0 Å². The third-order valence-electron chi connectivity index (χ3n) is 3.83. The maximum Gasteiger partial charge on any atom is 0.0834 e. The Morgan fingerprint density at radius 1 is 1.39 bits per heavy atom. The van der Waals surface area contributed by atoms with Gasteiger partial charge in [-0.25, -0.2) is 0 Å². The summed E-state index contributed by atoms with van der Waals surface area (Å²) in [5.74, 6) is 0. The number of aromatic nitrogens is 2. The molecule has 1 saturated heterocycles. The van der Waals surface area contributed by atoms with Crippen LogP contribution in [0.15, 0.2) is 6.20 Å². The van der Waals surface area contributed by atoms with E-state index in [0.717, 1.165) is 30.4 Å². The average Bonchev–Trinajstić information content (AvgIpc) is 2.66. The molecular formula is C12H22ClN5. The zero-order chi connectivity index (χ0) is 13.3. The summed E-state index contributed by atoms with van der Waals surface area (Å²) in [5, 5.41) is 8.36. The van der Waals surface area contributed by atoms with Crippen molar-refractivity contribution in [3.8, 4) is 0 Å². The van der Waals surface area contributed by atoms with Gasteiger partial charge in [0.1, 0.15) is 0 Å². The zero-order valence-corrected chi connectivity index (χ0v) is 12.3. The summed E-state index contributed by atoms with van der Waals surface area (Å²) in [6.07, 6.45) is 1.72. The summed E-state index contributed by atoms with van der Waals surface area (Å²) in [5.41, 5.74) is 1.06. The minimum absolute atomic E-state index is 0.192. The maximum atomic E-state index is 6.27. The lowest BCUT2D eigenvalue weighted by Gasteiger charge is -2.41. The molecular weight excluding hydrogens is 250 g/mol. The number of halogens is 1. The summed E-state index contributed by atoms with van der Waals surface area (Å²) in [6, 6.07) is 0.597. The Kier molecular flexibility index (Phi) is 4.27. The van der Waals surface area contributed by atoms with Crippen molar-refractivity contribution in [1.82, 2.24) is 24.9 Å². The fourth-order valence-corrected chi connectivity index (χ4v) is 2.97. The van der Waals surface area contributed by atoms with Crippen molar-refractivity contribution in [2.75, 3.05) is 40.8 Å². The quantitative estimate of drug-likeness (QED) is 0.873. The Hall–Kier alpha value is -0.620. The molecule has 0 spiro atoms. The first-order chi connectivity index (χ1) is 8.54. The van der Waals surface area contributed by atoms with Gasteiger partial charge in [0.05, 0.1) is 23.0 Å². The molecule has 0 radical (unpaired) electrons. The van der Waals surface area contributed by atoms with Crippen LogP contribution in [0.1, 0.15) is 11.7 Å². The highest BCUT2D eigenvalue weighted by Gasteiger charge is 2.32. The normalized spacial score (nSPS) is 24.4. The molecule has 5 nitrogen and oxygen atoms in total. The summed E-state index contributed by atoms with van der Waals surface area (Å²) < 4.78 is 1.87. The predicted octanol–water partition coefficient (Wildman–Crippen LogP) is 0.580. The first-order valence-corrected chi connectivity index (χ1v) is 6.65. The van der Waals surface area contributed by atoms with Gasteiger partial charge in [-0.15, -0.1) is 0 Å². The molecule has 18 heavy (non-hydrogen) atoms. The molecule has 102 valence electrons. The predicted molar refractivity (Wildman–Crippen MR) is 73.9 cm³/mol.